The number of allylic oxidation sites excluding steroid dienone is 1. The van der Waals surface area contributed by atoms with Crippen LogP contribution in [0.1, 0.15) is 17.0 Å². The van der Waals surface area contributed by atoms with Crippen LogP contribution in [0.25, 0.3) is 17.5 Å². The van der Waals surface area contributed by atoms with Gasteiger partial charge in [-0.2, -0.15) is 10.5 Å². The summed E-state index contributed by atoms with van der Waals surface area (Å²) >= 11 is 1.17. The molecular formula is C34H22N4O3S. The van der Waals surface area contributed by atoms with Crippen molar-refractivity contribution >= 4 is 28.8 Å². The maximum Gasteiger partial charge on any atom is 0.274 e. The van der Waals surface area contributed by atoms with Gasteiger partial charge in [-0.25, -0.2) is 0 Å². The van der Waals surface area contributed by atoms with E-state index >= 15 is 0 Å². The van der Waals surface area contributed by atoms with E-state index in [4.69, 9.17) is 15.2 Å². The van der Waals surface area contributed by atoms with Gasteiger partial charge in [-0.3, -0.25) is 9.36 Å². The highest BCUT2D eigenvalue weighted by Crippen LogP contribution is 2.36. The minimum Gasteiger partial charge on any atom is -0.457 e. The molecule has 8 heteroatoms. The molecule has 202 valence electrons. The van der Waals surface area contributed by atoms with E-state index in [-0.39, 0.29) is 22.5 Å². The Labute approximate surface area is 245 Å². The molecule has 0 bridgehead atoms. The molecule has 1 aromatic heterocycles. The molecule has 4 aromatic carbocycles. The van der Waals surface area contributed by atoms with Crippen LogP contribution >= 0.6 is 11.3 Å². The predicted octanol–water partition coefficient (Wildman–Crippen LogP) is 5.45. The van der Waals surface area contributed by atoms with Crippen LogP contribution in [0.4, 0.5) is 0 Å². The first-order chi connectivity index (χ1) is 20.6. The van der Waals surface area contributed by atoms with Gasteiger partial charge in [-0.15, -0.1) is 11.3 Å². The Morgan fingerprint density at radius 3 is 1.74 bits per heavy atom. The maximum absolute atomic E-state index is 13.5. The zero-order valence-electron chi connectivity index (χ0n) is 22.1. The van der Waals surface area contributed by atoms with Crippen LogP contribution in [0, 0.1) is 22.7 Å². The molecule has 0 saturated carbocycles. The number of nitrogens with two attached hydrogens (primary N) is 1. The molecule has 1 aliphatic heterocycles. The molecule has 0 unspecified atom stereocenters. The van der Waals surface area contributed by atoms with Crippen molar-refractivity contribution in [2.24, 2.45) is 5.73 Å². The molecule has 0 spiro atoms. The summed E-state index contributed by atoms with van der Waals surface area (Å²) in [7, 11) is 0. The second kappa shape index (κ2) is 11.3. The SMILES string of the molecule is N#CC1=C(N)n2c(s/c(=C\c3ccc(Oc4ccccc4)cc3)c2=O)=C(C#N)[C@@H]1c1ccc(Oc2ccccc2)cc1. The summed E-state index contributed by atoms with van der Waals surface area (Å²) < 4.78 is 13.8. The fourth-order valence-electron chi connectivity index (χ4n) is 4.75. The first-order valence-corrected chi connectivity index (χ1v) is 13.8. The van der Waals surface area contributed by atoms with Crippen molar-refractivity contribution in [2.75, 3.05) is 0 Å². The van der Waals surface area contributed by atoms with Gasteiger partial charge in [0.05, 0.1) is 33.7 Å². The normalized spacial score (nSPS) is 14.6. The number of benzene rings is 4. The number of para-hydroxylation sites is 2. The largest absolute Gasteiger partial charge is 0.457 e. The van der Waals surface area contributed by atoms with E-state index in [9.17, 15) is 15.3 Å². The number of hydrogen-bond donors (Lipinski definition) is 1. The van der Waals surface area contributed by atoms with Gasteiger partial charge in [-0.05, 0) is 65.7 Å². The predicted molar refractivity (Wildman–Crippen MR) is 162 cm³/mol. The molecule has 0 amide bonds. The van der Waals surface area contributed by atoms with Crippen molar-refractivity contribution in [3.8, 4) is 35.1 Å². The van der Waals surface area contributed by atoms with E-state index in [1.165, 1.54) is 15.9 Å². The highest BCUT2D eigenvalue weighted by molar-refractivity contribution is 7.07. The van der Waals surface area contributed by atoms with Gasteiger partial charge in [0.25, 0.3) is 5.56 Å². The molecule has 0 fully saturated rings. The van der Waals surface area contributed by atoms with Crippen LogP contribution in [0.2, 0.25) is 0 Å². The van der Waals surface area contributed by atoms with E-state index < -0.39 is 5.92 Å². The summed E-state index contributed by atoms with van der Waals surface area (Å²) in [5.74, 6) is 1.99. The van der Waals surface area contributed by atoms with Gasteiger partial charge in [0.1, 0.15) is 33.5 Å². The molecule has 7 nitrogen and oxygen atoms in total. The van der Waals surface area contributed by atoms with E-state index in [1.807, 2.05) is 84.9 Å². The third-order valence-corrected chi connectivity index (χ3v) is 7.85. The summed E-state index contributed by atoms with van der Waals surface area (Å²) in [6.45, 7) is 0. The quantitative estimate of drug-likeness (QED) is 0.293. The maximum atomic E-state index is 13.5. The van der Waals surface area contributed by atoms with Gasteiger partial charge in [-0.1, -0.05) is 60.7 Å². The Bertz CT molecular complexity index is 2070. The van der Waals surface area contributed by atoms with Crippen LogP contribution in [0.3, 0.4) is 0 Å². The molecule has 0 radical (unpaired) electrons. The number of ether oxygens (including phenoxy) is 2. The van der Waals surface area contributed by atoms with Crippen LogP contribution in [0.5, 0.6) is 23.0 Å². The number of thiazole rings is 1. The molecule has 2 heterocycles. The Hall–Kier alpha value is -5.83. The lowest BCUT2D eigenvalue weighted by molar-refractivity contribution is 0.482. The smallest absolute Gasteiger partial charge is 0.274 e. The molecule has 42 heavy (non-hydrogen) atoms. The molecule has 1 atom stereocenters. The number of fused-ring (bicyclic) bond motifs is 1. The summed E-state index contributed by atoms with van der Waals surface area (Å²) in [4.78, 5) is 13.5. The molecule has 0 saturated heterocycles. The topological polar surface area (TPSA) is 114 Å². The van der Waals surface area contributed by atoms with Crippen molar-refractivity contribution in [1.82, 2.24) is 4.57 Å². The molecule has 0 aliphatic carbocycles. The lowest BCUT2D eigenvalue weighted by Gasteiger charge is -2.22. The summed E-state index contributed by atoms with van der Waals surface area (Å²) in [5, 5.41) is 20.3. The summed E-state index contributed by atoms with van der Waals surface area (Å²) in [6, 6.07) is 37.7. The van der Waals surface area contributed by atoms with Gasteiger partial charge in [0, 0.05) is 0 Å². The number of hydrogen-bond acceptors (Lipinski definition) is 7. The molecular weight excluding hydrogens is 544 g/mol. The highest BCUT2D eigenvalue weighted by Gasteiger charge is 2.32. The first-order valence-electron chi connectivity index (χ1n) is 13.0. The monoisotopic (exact) mass is 566 g/mol. The molecule has 1 aliphatic rings. The number of rotatable bonds is 6. The van der Waals surface area contributed by atoms with Crippen molar-refractivity contribution in [2.45, 2.75) is 5.92 Å². The highest BCUT2D eigenvalue weighted by atomic mass is 32.1. The average Bonchev–Trinajstić information content (AvgIpc) is 3.35. The van der Waals surface area contributed by atoms with Crippen LogP contribution in [0.15, 0.2) is 120 Å². The second-order valence-corrected chi connectivity index (χ2v) is 10.4. The van der Waals surface area contributed by atoms with Gasteiger partial charge >= 0.3 is 0 Å². The Balaban J connectivity index is 1.37. The number of nitrogens with zero attached hydrogens (tertiary/aromatic N) is 3. The van der Waals surface area contributed by atoms with Crippen molar-refractivity contribution in [3.05, 3.63) is 145 Å². The first kappa shape index (κ1) is 26.4. The zero-order valence-corrected chi connectivity index (χ0v) is 22.9. The van der Waals surface area contributed by atoms with Gasteiger partial charge < -0.3 is 15.2 Å². The molecule has 5 aromatic rings. The standard InChI is InChI=1S/C34H22N4O3S/c35-20-28-31(23-13-17-27(18-14-23)41-25-9-5-2-6-10-25)29(21-36)34-38(32(28)37)33(39)30(42-34)19-22-11-15-26(16-12-22)40-24-7-3-1-4-8-24/h1-19,31H,37H2/b30-19-/t31-/m1/s1. The number of aromatic nitrogens is 1. The summed E-state index contributed by atoms with van der Waals surface area (Å²) in [6.07, 6.45) is 1.74. The van der Waals surface area contributed by atoms with E-state index in [0.29, 0.717) is 32.0 Å². The van der Waals surface area contributed by atoms with Crippen molar-refractivity contribution in [1.29, 1.82) is 10.5 Å². The minimum absolute atomic E-state index is 0.0219. The van der Waals surface area contributed by atoms with Crippen molar-refractivity contribution in [3.63, 3.8) is 0 Å². The van der Waals surface area contributed by atoms with Gasteiger partial charge in [0.2, 0.25) is 0 Å². The van der Waals surface area contributed by atoms with Crippen LogP contribution in [-0.2, 0) is 0 Å². The van der Waals surface area contributed by atoms with E-state index in [0.717, 1.165) is 11.3 Å². The fourth-order valence-corrected chi connectivity index (χ4v) is 5.87. The Kier molecular flexibility index (Phi) is 7.13. The number of nitriles is 2. The summed E-state index contributed by atoms with van der Waals surface area (Å²) in [5.41, 5.74) is 7.94. The average molecular weight is 567 g/mol. The van der Waals surface area contributed by atoms with E-state index in [2.05, 4.69) is 12.1 Å². The Morgan fingerprint density at radius 1 is 0.714 bits per heavy atom. The van der Waals surface area contributed by atoms with Crippen molar-refractivity contribution < 1.29 is 9.47 Å². The third kappa shape index (κ3) is 5.06. The molecule has 2 N–H and O–H groups in total. The fraction of sp³-hybridized carbons (Fsp3) is 0.0294. The second-order valence-electron chi connectivity index (χ2n) is 9.39. The zero-order chi connectivity index (χ0) is 29.1. The molecule has 6 rings (SSSR count). The van der Waals surface area contributed by atoms with Crippen LogP contribution in [-0.4, -0.2) is 4.57 Å². The lowest BCUT2D eigenvalue weighted by atomic mass is 9.84. The Morgan fingerprint density at radius 2 is 1.21 bits per heavy atom. The lowest BCUT2D eigenvalue weighted by Crippen LogP contribution is -2.38. The third-order valence-electron chi connectivity index (χ3n) is 6.74. The van der Waals surface area contributed by atoms with Crippen LogP contribution < -0.4 is 30.0 Å². The van der Waals surface area contributed by atoms with E-state index in [1.54, 1.807) is 30.3 Å². The van der Waals surface area contributed by atoms with Gasteiger partial charge in [0.15, 0.2) is 0 Å². The minimum atomic E-state index is -0.717.